The van der Waals surface area contributed by atoms with Gasteiger partial charge in [0.25, 0.3) is 0 Å². The molecule has 2 atom stereocenters. The van der Waals surface area contributed by atoms with Crippen LogP contribution in [0.15, 0.2) is 48.6 Å². The summed E-state index contributed by atoms with van der Waals surface area (Å²) >= 11 is 0. The van der Waals surface area contributed by atoms with E-state index in [0.29, 0.717) is 12.8 Å². The molecule has 8 heteroatoms. The molecule has 0 amide bonds. The molecule has 0 saturated carbocycles. The van der Waals surface area contributed by atoms with E-state index in [4.69, 9.17) is 14.2 Å². The van der Waals surface area contributed by atoms with Gasteiger partial charge in [0, 0.05) is 19.3 Å². The molecule has 0 heterocycles. The van der Waals surface area contributed by atoms with Crippen molar-refractivity contribution in [3.8, 4) is 0 Å². The summed E-state index contributed by atoms with van der Waals surface area (Å²) in [6.45, 7) is 4.57. The van der Waals surface area contributed by atoms with Gasteiger partial charge in [-0.15, -0.1) is 0 Å². The molecule has 0 aliphatic rings. The third kappa shape index (κ3) is 44.5. The van der Waals surface area contributed by atoms with Gasteiger partial charge in [0.15, 0.2) is 6.10 Å². The van der Waals surface area contributed by atoms with Crippen LogP contribution in [-0.4, -0.2) is 75.5 Å². The van der Waals surface area contributed by atoms with Gasteiger partial charge >= 0.3 is 11.9 Å². The van der Waals surface area contributed by atoms with Gasteiger partial charge in [-0.3, -0.25) is 9.59 Å². The molecule has 0 bridgehead atoms. The Labute approximate surface area is 395 Å². The summed E-state index contributed by atoms with van der Waals surface area (Å²) in [5.74, 6) is -1.73. The first-order chi connectivity index (χ1) is 31.1. The van der Waals surface area contributed by atoms with Crippen molar-refractivity contribution in [3.63, 3.8) is 0 Å². The van der Waals surface area contributed by atoms with Crippen LogP contribution in [-0.2, 0) is 28.6 Å². The Bertz CT molecular complexity index is 1190. The number of likely N-dealkylation sites (N-methyl/N-ethyl adjacent to an activating group) is 1. The van der Waals surface area contributed by atoms with Crippen molar-refractivity contribution in [2.45, 2.75) is 251 Å². The zero-order valence-corrected chi connectivity index (χ0v) is 42.4. The number of quaternary nitrogens is 1. The zero-order chi connectivity index (χ0) is 47.0. The fourth-order valence-corrected chi connectivity index (χ4v) is 7.85. The molecule has 0 saturated heterocycles. The van der Waals surface area contributed by atoms with Gasteiger partial charge in [-0.05, 0) is 70.6 Å². The number of carbonyl (C=O) groups is 3. The van der Waals surface area contributed by atoms with Gasteiger partial charge in [-0.2, -0.15) is 0 Å². The summed E-state index contributed by atoms with van der Waals surface area (Å²) in [5, 5.41) is 11.7. The van der Waals surface area contributed by atoms with Crippen molar-refractivity contribution in [1.82, 2.24) is 0 Å². The topological polar surface area (TPSA) is 102 Å². The maximum absolute atomic E-state index is 12.8. The molecule has 0 N–H and O–H groups in total. The van der Waals surface area contributed by atoms with E-state index in [1.54, 1.807) is 21.1 Å². The zero-order valence-electron chi connectivity index (χ0n) is 42.4. The molecule has 0 radical (unpaired) electrons. The van der Waals surface area contributed by atoms with Gasteiger partial charge in [0.05, 0.1) is 40.3 Å². The fourth-order valence-electron chi connectivity index (χ4n) is 7.85. The Balaban J connectivity index is 4.22. The predicted molar refractivity (Wildman–Crippen MR) is 268 cm³/mol. The average molecular weight is 900 g/mol. The number of allylic oxidation sites excluding steroid dienone is 8. The number of esters is 2. The highest BCUT2D eigenvalue weighted by Crippen LogP contribution is 2.16. The number of rotatable bonds is 48. The summed E-state index contributed by atoms with van der Waals surface area (Å²) in [7, 11) is 5.42. The van der Waals surface area contributed by atoms with E-state index in [1.807, 2.05) is 0 Å². The van der Waals surface area contributed by atoms with E-state index in [1.165, 1.54) is 148 Å². The second kappa shape index (κ2) is 46.8. The number of carboxylic acids is 1. The first kappa shape index (κ1) is 61.3. The molecule has 0 aromatic carbocycles. The Morgan fingerprint density at radius 3 is 1.31 bits per heavy atom. The average Bonchev–Trinajstić information content (AvgIpc) is 3.26. The number of carbonyl (C=O) groups excluding carboxylic acids is 3. The first-order valence-corrected chi connectivity index (χ1v) is 26.7. The largest absolute Gasteiger partial charge is 0.544 e. The van der Waals surface area contributed by atoms with Crippen LogP contribution in [0.1, 0.15) is 239 Å². The lowest BCUT2D eigenvalue weighted by atomic mass is 10.0. The maximum Gasteiger partial charge on any atom is 0.306 e. The Morgan fingerprint density at radius 2 is 0.875 bits per heavy atom. The number of hydrogen-bond donors (Lipinski definition) is 0. The summed E-state index contributed by atoms with van der Waals surface area (Å²) in [5.41, 5.74) is 0. The molecular weight excluding hydrogens is 799 g/mol. The van der Waals surface area contributed by atoms with E-state index in [0.717, 1.165) is 57.8 Å². The Kier molecular flexibility index (Phi) is 44.8. The molecule has 0 spiro atoms. The van der Waals surface area contributed by atoms with Crippen LogP contribution in [0.2, 0.25) is 0 Å². The van der Waals surface area contributed by atoms with Crippen LogP contribution >= 0.6 is 0 Å². The van der Waals surface area contributed by atoms with Crippen molar-refractivity contribution in [1.29, 1.82) is 0 Å². The minimum absolute atomic E-state index is 0.0392. The van der Waals surface area contributed by atoms with Crippen molar-refractivity contribution in [2.24, 2.45) is 0 Å². The van der Waals surface area contributed by atoms with Gasteiger partial charge in [-0.1, -0.05) is 197 Å². The van der Waals surface area contributed by atoms with Crippen LogP contribution in [0.3, 0.4) is 0 Å². The number of ether oxygens (including phenoxy) is 3. The normalized spacial score (nSPS) is 13.2. The second-order valence-electron chi connectivity index (χ2n) is 19.1. The van der Waals surface area contributed by atoms with Gasteiger partial charge in [-0.25, -0.2) is 0 Å². The number of nitrogens with zero attached hydrogens (tertiary/aromatic N) is 1. The summed E-state index contributed by atoms with van der Waals surface area (Å²) in [6.07, 6.45) is 57.1. The van der Waals surface area contributed by atoms with E-state index >= 15 is 0 Å². The summed E-state index contributed by atoms with van der Waals surface area (Å²) in [4.78, 5) is 37.1. The van der Waals surface area contributed by atoms with E-state index in [2.05, 4.69) is 62.5 Å². The standard InChI is InChI=1S/C56H101NO7/c1-6-8-10-12-14-16-18-20-22-24-26-27-29-31-33-35-37-39-41-43-45-47-55(59)64-52(50-62-49-48-53(56(60)61)57(3,4)5)51-63-54(58)46-44-42-40-38-36-34-32-30-28-25-23-21-19-17-15-13-11-9-7-2/h8,10,14,16,20,22,25,28,52-53H,6-7,9,11-13,15,17-19,21,23-24,26-27,29-51H2,1-5H3/b10-8+,16-14+,22-20+,28-25+. The number of hydrogen-bond acceptors (Lipinski definition) is 7. The van der Waals surface area contributed by atoms with E-state index in [9.17, 15) is 19.5 Å². The molecule has 0 aliphatic carbocycles. The molecule has 2 unspecified atom stereocenters. The van der Waals surface area contributed by atoms with Crippen molar-refractivity contribution in [2.75, 3.05) is 41.0 Å². The summed E-state index contributed by atoms with van der Waals surface area (Å²) in [6, 6.07) is -0.728. The SMILES string of the molecule is CC/C=C/C/C=C/C/C=C/CCCCCCCCCCCCCC(=O)OC(COCCC(C(=O)[O-])[N+](C)(C)C)COC(=O)CCCCCCCCC/C=C/CCCCCCCCCC. The Hall–Kier alpha value is -2.71. The van der Waals surface area contributed by atoms with E-state index < -0.39 is 18.1 Å². The van der Waals surface area contributed by atoms with Crippen molar-refractivity contribution in [3.05, 3.63) is 48.6 Å². The maximum atomic E-state index is 12.8. The smallest absolute Gasteiger partial charge is 0.306 e. The lowest BCUT2D eigenvalue weighted by Gasteiger charge is -2.34. The Morgan fingerprint density at radius 1 is 0.484 bits per heavy atom. The minimum atomic E-state index is -1.12. The first-order valence-electron chi connectivity index (χ1n) is 26.7. The quantitative estimate of drug-likeness (QED) is 0.0259. The second-order valence-corrected chi connectivity index (χ2v) is 19.1. The molecule has 8 nitrogen and oxygen atoms in total. The van der Waals surface area contributed by atoms with Crippen molar-refractivity contribution >= 4 is 17.9 Å². The van der Waals surface area contributed by atoms with Crippen molar-refractivity contribution < 1.29 is 38.2 Å². The van der Waals surface area contributed by atoms with Crippen LogP contribution in [0.5, 0.6) is 0 Å². The summed E-state index contributed by atoms with van der Waals surface area (Å²) < 4.78 is 17.3. The molecule has 372 valence electrons. The molecule has 0 fully saturated rings. The molecule has 0 aromatic heterocycles. The fraction of sp³-hybridized carbons (Fsp3) is 0.804. The predicted octanol–water partition coefficient (Wildman–Crippen LogP) is 14.2. The number of aliphatic carboxylic acids is 1. The minimum Gasteiger partial charge on any atom is -0.544 e. The third-order valence-corrected chi connectivity index (χ3v) is 11.9. The lowest BCUT2D eigenvalue weighted by Crippen LogP contribution is -2.55. The molecule has 0 aliphatic heterocycles. The highest BCUT2D eigenvalue weighted by atomic mass is 16.6. The lowest BCUT2D eigenvalue weighted by molar-refractivity contribution is -0.889. The van der Waals surface area contributed by atoms with Gasteiger partial charge in [0.2, 0.25) is 0 Å². The highest BCUT2D eigenvalue weighted by molar-refractivity contribution is 5.70. The monoisotopic (exact) mass is 900 g/mol. The van der Waals surface area contributed by atoms with Crippen LogP contribution in [0.4, 0.5) is 0 Å². The number of carboxylic acid groups (broad SMARTS) is 1. The molecule has 0 aromatic rings. The van der Waals surface area contributed by atoms with Crippen LogP contribution < -0.4 is 5.11 Å². The van der Waals surface area contributed by atoms with Crippen LogP contribution in [0, 0.1) is 0 Å². The number of unbranched alkanes of at least 4 members (excludes halogenated alkanes) is 26. The molecular formula is C56H101NO7. The molecule has 0 rings (SSSR count). The van der Waals surface area contributed by atoms with Gasteiger partial charge < -0.3 is 28.6 Å². The van der Waals surface area contributed by atoms with Crippen LogP contribution in [0.25, 0.3) is 0 Å². The van der Waals surface area contributed by atoms with E-state index in [-0.39, 0.29) is 42.7 Å². The third-order valence-electron chi connectivity index (χ3n) is 11.9. The highest BCUT2D eigenvalue weighted by Gasteiger charge is 2.25. The van der Waals surface area contributed by atoms with Gasteiger partial charge in [0.1, 0.15) is 12.6 Å². The molecule has 64 heavy (non-hydrogen) atoms.